The summed E-state index contributed by atoms with van der Waals surface area (Å²) in [5, 5.41) is 0. The molecule has 0 aliphatic heterocycles. The number of benzene rings is 1. The summed E-state index contributed by atoms with van der Waals surface area (Å²) in [5.41, 5.74) is 3.00. The van der Waals surface area contributed by atoms with E-state index in [-0.39, 0.29) is 17.8 Å². The third-order valence-corrected chi connectivity index (χ3v) is 3.16. The van der Waals surface area contributed by atoms with Crippen molar-refractivity contribution in [2.75, 3.05) is 6.61 Å². The summed E-state index contributed by atoms with van der Waals surface area (Å²) in [5.74, 6) is 0.274. The van der Waals surface area contributed by atoms with E-state index in [0.717, 1.165) is 16.6 Å². The molecule has 19 heavy (non-hydrogen) atoms. The number of esters is 1. The largest absolute Gasteiger partial charge is 0.465 e. The molecule has 1 aromatic carbocycles. The highest BCUT2D eigenvalue weighted by atomic mass is 16.5. The maximum Gasteiger partial charge on any atom is 0.316 e. The van der Waals surface area contributed by atoms with Crippen molar-refractivity contribution in [3.8, 4) is 0 Å². The predicted molar refractivity (Wildman–Crippen MR) is 75.0 cm³/mol. The van der Waals surface area contributed by atoms with Crippen molar-refractivity contribution in [3.05, 3.63) is 29.6 Å². The molecule has 0 saturated heterocycles. The molecule has 0 amide bonds. The van der Waals surface area contributed by atoms with Crippen molar-refractivity contribution >= 4 is 17.0 Å². The summed E-state index contributed by atoms with van der Waals surface area (Å²) in [6.07, 6.45) is 0. The summed E-state index contributed by atoms with van der Waals surface area (Å²) in [6, 6.07) is 6.03. The number of nitrogens with one attached hydrogen (secondary N) is 1. The fourth-order valence-electron chi connectivity index (χ4n) is 2.21. The quantitative estimate of drug-likeness (QED) is 0.859. The van der Waals surface area contributed by atoms with Gasteiger partial charge in [-0.3, -0.25) is 4.79 Å². The van der Waals surface area contributed by atoms with Gasteiger partial charge in [0, 0.05) is 0 Å². The highest BCUT2D eigenvalue weighted by molar-refractivity contribution is 5.81. The molecule has 0 saturated carbocycles. The van der Waals surface area contributed by atoms with Gasteiger partial charge in [0.25, 0.3) is 0 Å². The van der Waals surface area contributed by atoms with Gasteiger partial charge in [-0.1, -0.05) is 19.9 Å². The Morgan fingerprint density at radius 1 is 1.42 bits per heavy atom. The zero-order valence-electron chi connectivity index (χ0n) is 11.9. The number of H-pyrrole nitrogens is 1. The zero-order valence-corrected chi connectivity index (χ0v) is 11.9. The van der Waals surface area contributed by atoms with Gasteiger partial charge in [0.2, 0.25) is 0 Å². The number of ether oxygens (including phenoxy) is 1. The van der Waals surface area contributed by atoms with E-state index < -0.39 is 0 Å². The number of aromatic amines is 1. The zero-order chi connectivity index (χ0) is 14.0. The average molecular weight is 260 g/mol. The minimum Gasteiger partial charge on any atom is -0.465 e. The topological polar surface area (TPSA) is 55.0 Å². The van der Waals surface area contributed by atoms with Gasteiger partial charge in [-0.05, 0) is 37.5 Å². The van der Waals surface area contributed by atoms with Gasteiger partial charge < -0.3 is 9.72 Å². The molecular formula is C15H20N2O2. The van der Waals surface area contributed by atoms with E-state index in [1.165, 1.54) is 0 Å². The molecular weight excluding hydrogens is 240 g/mol. The molecule has 1 heterocycles. The lowest BCUT2D eigenvalue weighted by molar-refractivity contribution is -0.146. The van der Waals surface area contributed by atoms with Gasteiger partial charge in [0.05, 0.1) is 17.6 Å². The predicted octanol–water partition coefficient (Wildman–Crippen LogP) is 3.17. The Bertz CT molecular complexity index is 587. The minimum absolute atomic E-state index is 0.140. The van der Waals surface area contributed by atoms with Crippen LogP contribution in [0.5, 0.6) is 0 Å². The Morgan fingerprint density at radius 2 is 2.16 bits per heavy atom. The number of imidazole rings is 1. The first-order valence-corrected chi connectivity index (χ1v) is 6.65. The number of hydrogen-bond acceptors (Lipinski definition) is 3. The van der Waals surface area contributed by atoms with E-state index in [9.17, 15) is 4.79 Å². The van der Waals surface area contributed by atoms with Crippen LogP contribution in [0.2, 0.25) is 0 Å². The van der Waals surface area contributed by atoms with E-state index in [1.807, 2.05) is 45.9 Å². The van der Waals surface area contributed by atoms with Gasteiger partial charge in [-0.25, -0.2) is 4.98 Å². The summed E-state index contributed by atoms with van der Waals surface area (Å²) < 4.78 is 5.14. The van der Waals surface area contributed by atoms with Crippen LogP contribution in [0.1, 0.15) is 38.1 Å². The van der Waals surface area contributed by atoms with Gasteiger partial charge in [-0.2, -0.15) is 0 Å². The Labute approximate surface area is 113 Å². The van der Waals surface area contributed by atoms with Crippen LogP contribution in [0.15, 0.2) is 18.2 Å². The second-order valence-corrected chi connectivity index (χ2v) is 5.12. The maximum atomic E-state index is 12.0. The van der Waals surface area contributed by atoms with Crippen LogP contribution >= 0.6 is 0 Å². The van der Waals surface area contributed by atoms with E-state index in [1.54, 1.807) is 0 Å². The minimum atomic E-state index is -0.340. The molecule has 102 valence electrons. The SMILES string of the molecule is CCOC(=O)C(c1nc2cc(C)ccc2[nH]1)C(C)C. The molecule has 4 heteroatoms. The second kappa shape index (κ2) is 5.43. The first kappa shape index (κ1) is 13.6. The number of aryl methyl sites for hydroxylation is 1. The summed E-state index contributed by atoms with van der Waals surface area (Å²) in [7, 11) is 0. The Hall–Kier alpha value is -1.84. The van der Waals surface area contributed by atoms with Gasteiger partial charge in [0.15, 0.2) is 0 Å². The number of carbonyl (C=O) groups excluding carboxylic acids is 1. The van der Waals surface area contributed by atoms with Crippen LogP contribution in [0.4, 0.5) is 0 Å². The fraction of sp³-hybridized carbons (Fsp3) is 0.467. The Morgan fingerprint density at radius 3 is 2.79 bits per heavy atom. The number of nitrogens with zero attached hydrogens (tertiary/aromatic N) is 1. The third kappa shape index (κ3) is 2.78. The average Bonchev–Trinajstić information content (AvgIpc) is 2.71. The summed E-state index contributed by atoms with van der Waals surface area (Å²) >= 11 is 0. The molecule has 0 bridgehead atoms. The van der Waals surface area contributed by atoms with Crippen molar-refractivity contribution in [1.82, 2.24) is 9.97 Å². The molecule has 1 N–H and O–H groups in total. The molecule has 0 fully saturated rings. The first-order valence-electron chi connectivity index (χ1n) is 6.65. The van der Waals surface area contributed by atoms with E-state index in [4.69, 9.17) is 4.74 Å². The molecule has 2 aromatic rings. The van der Waals surface area contributed by atoms with Gasteiger partial charge >= 0.3 is 5.97 Å². The van der Waals surface area contributed by atoms with Crippen molar-refractivity contribution < 1.29 is 9.53 Å². The number of carbonyl (C=O) groups is 1. The maximum absolute atomic E-state index is 12.0. The number of rotatable bonds is 4. The standard InChI is InChI=1S/C15H20N2O2/c1-5-19-15(18)13(9(2)3)14-16-11-7-6-10(4)8-12(11)17-14/h6-9,13H,5H2,1-4H3,(H,16,17). The lowest BCUT2D eigenvalue weighted by Crippen LogP contribution is -2.22. The lowest BCUT2D eigenvalue weighted by atomic mass is 9.95. The third-order valence-electron chi connectivity index (χ3n) is 3.16. The van der Waals surface area contributed by atoms with Crippen LogP contribution in [0, 0.1) is 12.8 Å². The molecule has 4 nitrogen and oxygen atoms in total. The molecule has 2 rings (SSSR count). The van der Waals surface area contributed by atoms with Crippen LogP contribution in [-0.4, -0.2) is 22.5 Å². The molecule has 1 atom stereocenters. The molecule has 0 aliphatic carbocycles. The van der Waals surface area contributed by atoms with Gasteiger partial charge in [0.1, 0.15) is 11.7 Å². The first-order chi connectivity index (χ1) is 9.02. The molecule has 0 spiro atoms. The summed E-state index contributed by atoms with van der Waals surface area (Å²) in [6.45, 7) is 8.23. The summed E-state index contributed by atoms with van der Waals surface area (Å²) in [4.78, 5) is 19.8. The van der Waals surface area contributed by atoms with Crippen molar-refractivity contribution in [2.24, 2.45) is 5.92 Å². The molecule has 0 radical (unpaired) electrons. The van der Waals surface area contributed by atoms with E-state index in [2.05, 4.69) is 9.97 Å². The molecule has 1 aromatic heterocycles. The highest BCUT2D eigenvalue weighted by Gasteiger charge is 2.28. The second-order valence-electron chi connectivity index (χ2n) is 5.12. The molecule has 1 unspecified atom stereocenters. The normalized spacial score (nSPS) is 12.9. The van der Waals surface area contributed by atoms with Crippen molar-refractivity contribution in [1.29, 1.82) is 0 Å². The molecule has 0 aliphatic rings. The van der Waals surface area contributed by atoms with E-state index >= 15 is 0 Å². The van der Waals surface area contributed by atoms with E-state index in [0.29, 0.717) is 12.4 Å². The van der Waals surface area contributed by atoms with Crippen molar-refractivity contribution in [3.63, 3.8) is 0 Å². The Kier molecular flexibility index (Phi) is 3.88. The highest BCUT2D eigenvalue weighted by Crippen LogP contribution is 2.26. The smallest absolute Gasteiger partial charge is 0.316 e. The fourth-order valence-corrected chi connectivity index (χ4v) is 2.21. The van der Waals surface area contributed by atoms with Crippen LogP contribution in [0.3, 0.4) is 0 Å². The number of fused-ring (bicyclic) bond motifs is 1. The lowest BCUT2D eigenvalue weighted by Gasteiger charge is -2.16. The monoisotopic (exact) mass is 260 g/mol. The number of hydrogen-bond donors (Lipinski definition) is 1. The van der Waals surface area contributed by atoms with Gasteiger partial charge in [-0.15, -0.1) is 0 Å². The van der Waals surface area contributed by atoms with Crippen LogP contribution in [0.25, 0.3) is 11.0 Å². The van der Waals surface area contributed by atoms with Crippen LogP contribution in [-0.2, 0) is 9.53 Å². The van der Waals surface area contributed by atoms with Crippen LogP contribution < -0.4 is 0 Å². The van der Waals surface area contributed by atoms with Crippen molar-refractivity contribution in [2.45, 2.75) is 33.6 Å². The Balaban J connectivity index is 2.41. The number of aromatic nitrogens is 2.